The van der Waals surface area contributed by atoms with Crippen molar-refractivity contribution in [3.8, 4) is 0 Å². The number of rotatable bonds is 7. The Bertz CT molecular complexity index is 336. The number of fused-ring (bicyclic) bond motifs is 1. The van der Waals surface area contributed by atoms with Gasteiger partial charge in [0.2, 0.25) is 0 Å². The van der Waals surface area contributed by atoms with Crippen LogP contribution in [0.5, 0.6) is 0 Å². The number of carbonyl (C=O) groups excluding carboxylic acids is 1. The Hall–Kier alpha value is -0.650. The van der Waals surface area contributed by atoms with Gasteiger partial charge in [0.25, 0.3) is 0 Å². The maximum absolute atomic E-state index is 11.9. The maximum Gasteiger partial charge on any atom is 0.306 e. The molecule has 0 aromatic heterocycles. The molecule has 0 unspecified atom stereocenters. The molecule has 0 aliphatic carbocycles. The first-order valence-electron chi connectivity index (χ1n) is 8.43. The van der Waals surface area contributed by atoms with Crippen molar-refractivity contribution >= 4 is 5.97 Å². The lowest BCUT2D eigenvalue weighted by Gasteiger charge is -2.34. The molecule has 2 fully saturated rings. The van der Waals surface area contributed by atoms with Crippen molar-refractivity contribution in [2.45, 2.75) is 82.6 Å². The molecule has 0 aromatic rings. The van der Waals surface area contributed by atoms with E-state index < -0.39 is 18.3 Å². The number of unbranched alkanes of at least 4 members (excludes halogenated alkanes) is 4. The van der Waals surface area contributed by atoms with Crippen LogP contribution in [-0.4, -0.2) is 58.5 Å². The maximum atomic E-state index is 11.9. The van der Waals surface area contributed by atoms with Crippen LogP contribution in [0.15, 0.2) is 0 Å². The highest BCUT2D eigenvalue weighted by Gasteiger charge is 2.47. The Kier molecular flexibility index (Phi) is 6.45. The van der Waals surface area contributed by atoms with Crippen LogP contribution in [0.1, 0.15) is 58.3 Å². The number of nitrogens with zero attached hydrogens (tertiary/aromatic N) is 1. The van der Waals surface area contributed by atoms with Crippen LogP contribution in [0.4, 0.5) is 0 Å². The third kappa shape index (κ3) is 4.41. The molecule has 2 N–H and O–H groups in total. The minimum atomic E-state index is -0.760. The Balaban J connectivity index is 1.71. The van der Waals surface area contributed by atoms with Crippen molar-refractivity contribution < 1.29 is 19.7 Å². The first-order chi connectivity index (χ1) is 10.1. The minimum absolute atomic E-state index is 0.218. The fourth-order valence-electron chi connectivity index (χ4n) is 3.49. The summed E-state index contributed by atoms with van der Waals surface area (Å²) in [5.41, 5.74) is 0. The molecule has 0 spiro atoms. The third-order valence-electron chi connectivity index (χ3n) is 4.67. The number of hydrogen-bond donors (Lipinski definition) is 2. The van der Waals surface area contributed by atoms with Crippen LogP contribution < -0.4 is 0 Å². The molecular weight excluding hydrogens is 270 g/mol. The number of esters is 1. The molecule has 0 saturated carbocycles. The van der Waals surface area contributed by atoms with Gasteiger partial charge in [-0.15, -0.1) is 0 Å². The Morgan fingerprint density at radius 1 is 1.24 bits per heavy atom. The van der Waals surface area contributed by atoms with Crippen molar-refractivity contribution in [1.29, 1.82) is 0 Å². The normalized spacial score (nSPS) is 32.9. The summed E-state index contributed by atoms with van der Waals surface area (Å²) >= 11 is 0. The largest absolute Gasteiger partial charge is 0.458 e. The van der Waals surface area contributed by atoms with Gasteiger partial charge in [0.15, 0.2) is 0 Å². The molecule has 2 heterocycles. The van der Waals surface area contributed by atoms with E-state index in [1.807, 2.05) is 0 Å². The van der Waals surface area contributed by atoms with Gasteiger partial charge < -0.3 is 14.9 Å². The molecule has 0 radical (unpaired) electrons. The monoisotopic (exact) mass is 299 g/mol. The van der Waals surface area contributed by atoms with Gasteiger partial charge in [0, 0.05) is 13.0 Å². The molecule has 4 atom stereocenters. The molecule has 2 aliphatic heterocycles. The lowest BCUT2D eigenvalue weighted by molar-refractivity contribution is -0.153. The van der Waals surface area contributed by atoms with E-state index in [1.54, 1.807) is 0 Å². The number of hydrogen-bond acceptors (Lipinski definition) is 5. The fourth-order valence-corrected chi connectivity index (χ4v) is 3.49. The standard InChI is InChI=1S/C16H29NO4/c1-2-3-4-5-6-9-14(19)21-13-11-17-10-7-8-12(18)15(17)16(13)20/h12-13,15-16,18,20H,2-11H2,1H3/t12-,13-,15-,16-/m1/s1. The Morgan fingerprint density at radius 2 is 2.00 bits per heavy atom. The minimum Gasteiger partial charge on any atom is -0.458 e. The van der Waals surface area contributed by atoms with Crippen molar-refractivity contribution in [1.82, 2.24) is 4.90 Å². The van der Waals surface area contributed by atoms with Crippen LogP contribution in [-0.2, 0) is 9.53 Å². The van der Waals surface area contributed by atoms with E-state index in [-0.39, 0.29) is 12.0 Å². The van der Waals surface area contributed by atoms with E-state index in [0.717, 1.165) is 38.6 Å². The highest BCUT2D eigenvalue weighted by Crippen LogP contribution is 2.29. The Labute approximate surface area is 127 Å². The average Bonchev–Trinajstić information content (AvgIpc) is 2.76. The molecule has 2 saturated heterocycles. The van der Waals surface area contributed by atoms with E-state index in [1.165, 1.54) is 12.8 Å². The van der Waals surface area contributed by atoms with Crippen LogP contribution in [0.25, 0.3) is 0 Å². The van der Waals surface area contributed by atoms with Crippen molar-refractivity contribution in [3.05, 3.63) is 0 Å². The first kappa shape index (κ1) is 16.7. The lowest BCUT2D eigenvalue weighted by atomic mass is 9.97. The van der Waals surface area contributed by atoms with E-state index in [2.05, 4.69) is 11.8 Å². The summed E-state index contributed by atoms with van der Waals surface area (Å²) in [6.45, 7) is 3.58. The Morgan fingerprint density at radius 3 is 2.71 bits per heavy atom. The molecule has 2 rings (SSSR count). The second-order valence-electron chi connectivity index (χ2n) is 6.38. The molecular formula is C16H29NO4. The zero-order chi connectivity index (χ0) is 15.2. The zero-order valence-electron chi connectivity index (χ0n) is 13.0. The van der Waals surface area contributed by atoms with Crippen LogP contribution >= 0.6 is 0 Å². The van der Waals surface area contributed by atoms with E-state index in [0.29, 0.717) is 13.0 Å². The van der Waals surface area contributed by atoms with Crippen molar-refractivity contribution in [3.63, 3.8) is 0 Å². The molecule has 0 aromatic carbocycles. The predicted octanol–water partition coefficient (Wildman–Crippen LogP) is 1.46. The number of aliphatic hydroxyl groups excluding tert-OH is 2. The quantitative estimate of drug-likeness (QED) is 0.550. The highest BCUT2D eigenvalue weighted by molar-refractivity contribution is 5.69. The second-order valence-corrected chi connectivity index (χ2v) is 6.38. The second kappa shape index (κ2) is 8.11. The zero-order valence-corrected chi connectivity index (χ0v) is 13.0. The summed E-state index contributed by atoms with van der Waals surface area (Å²) in [6.07, 6.45) is 5.82. The smallest absolute Gasteiger partial charge is 0.306 e. The van der Waals surface area contributed by atoms with E-state index >= 15 is 0 Å². The van der Waals surface area contributed by atoms with Crippen LogP contribution in [0.2, 0.25) is 0 Å². The SMILES string of the molecule is CCCCCCCC(=O)O[C@@H]1CN2CCC[C@@H](O)[C@@H]2[C@@H]1O. The number of carbonyl (C=O) groups is 1. The van der Waals surface area contributed by atoms with Crippen molar-refractivity contribution in [2.24, 2.45) is 0 Å². The van der Waals surface area contributed by atoms with Gasteiger partial charge in [-0.05, 0) is 25.8 Å². The van der Waals surface area contributed by atoms with E-state index in [9.17, 15) is 15.0 Å². The first-order valence-corrected chi connectivity index (χ1v) is 8.43. The number of piperidine rings is 1. The molecule has 21 heavy (non-hydrogen) atoms. The summed E-state index contributed by atoms with van der Waals surface area (Å²) in [6, 6.07) is -0.263. The van der Waals surface area contributed by atoms with Gasteiger partial charge in [-0.1, -0.05) is 32.6 Å². The van der Waals surface area contributed by atoms with Gasteiger partial charge >= 0.3 is 5.97 Å². The number of aliphatic hydroxyl groups is 2. The van der Waals surface area contributed by atoms with Crippen LogP contribution in [0, 0.1) is 0 Å². The summed E-state index contributed by atoms with van der Waals surface area (Å²) in [4.78, 5) is 13.9. The van der Waals surface area contributed by atoms with Crippen LogP contribution in [0.3, 0.4) is 0 Å². The summed E-state index contributed by atoms with van der Waals surface area (Å²) in [5.74, 6) is -0.218. The van der Waals surface area contributed by atoms with Gasteiger partial charge in [-0.2, -0.15) is 0 Å². The summed E-state index contributed by atoms with van der Waals surface area (Å²) in [5, 5.41) is 20.2. The molecule has 0 bridgehead atoms. The molecule has 5 nitrogen and oxygen atoms in total. The average molecular weight is 299 g/mol. The van der Waals surface area contributed by atoms with E-state index in [4.69, 9.17) is 4.74 Å². The lowest BCUT2D eigenvalue weighted by Crippen LogP contribution is -2.49. The van der Waals surface area contributed by atoms with Gasteiger partial charge in [0.1, 0.15) is 12.2 Å². The van der Waals surface area contributed by atoms with Crippen molar-refractivity contribution in [2.75, 3.05) is 13.1 Å². The predicted molar refractivity (Wildman–Crippen MR) is 79.9 cm³/mol. The van der Waals surface area contributed by atoms with Gasteiger partial charge in [-0.25, -0.2) is 0 Å². The third-order valence-corrected chi connectivity index (χ3v) is 4.67. The number of ether oxygens (including phenoxy) is 1. The molecule has 2 aliphatic rings. The highest BCUT2D eigenvalue weighted by atomic mass is 16.6. The molecule has 122 valence electrons. The van der Waals surface area contributed by atoms with Gasteiger partial charge in [0.05, 0.1) is 12.1 Å². The fraction of sp³-hybridized carbons (Fsp3) is 0.938. The van der Waals surface area contributed by atoms with Gasteiger partial charge in [-0.3, -0.25) is 9.69 Å². The topological polar surface area (TPSA) is 70.0 Å². The summed E-state index contributed by atoms with van der Waals surface area (Å²) in [7, 11) is 0. The molecule has 5 heteroatoms. The summed E-state index contributed by atoms with van der Waals surface area (Å²) < 4.78 is 5.43. The molecule has 0 amide bonds.